The first-order chi connectivity index (χ1) is 13.0. The number of nitrogens with two attached hydrogens (primary N) is 1. The molecule has 0 radical (unpaired) electrons. The van der Waals surface area contributed by atoms with Crippen LogP contribution in [-0.4, -0.2) is 61.8 Å². The molecule has 8 nitrogen and oxygen atoms in total. The fraction of sp³-hybridized carbons (Fsp3) is 0.529. The van der Waals surface area contributed by atoms with E-state index < -0.39 is 33.7 Å². The summed E-state index contributed by atoms with van der Waals surface area (Å²) in [5.74, 6) is -2.58. The molecule has 1 aliphatic rings. The van der Waals surface area contributed by atoms with Crippen LogP contribution in [0.25, 0.3) is 0 Å². The Kier molecular flexibility index (Phi) is 6.94. The molecule has 1 unspecified atom stereocenters. The molecule has 156 valence electrons. The number of nitrogens with one attached hydrogen (secondary N) is 1. The Morgan fingerprint density at radius 1 is 1.14 bits per heavy atom. The van der Waals surface area contributed by atoms with Gasteiger partial charge in [-0.3, -0.25) is 4.79 Å². The van der Waals surface area contributed by atoms with Crippen molar-refractivity contribution in [1.29, 1.82) is 0 Å². The highest BCUT2D eigenvalue weighted by Gasteiger charge is 2.33. The van der Waals surface area contributed by atoms with Gasteiger partial charge in [0.25, 0.3) is 0 Å². The molecule has 2 rings (SSSR count). The Labute approximate surface area is 162 Å². The van der Waals surface area contributed by atoms with E-state index in [-0.39, 0.29) is 42.9 Å². The van der Waals surface area contributed by atoms with Gasteiger partial charge in [0.2, 0.25) is 15.9 Å². The van der Waals surface area contributed by atoms with Crippen molar-refractivity contribution in [3.05, 3.63) is 29.8 Å². The third-order valence-electron chi connectivity index (χ3n) is 4.40. The molecule has 1 aromatic rings. The molecule has 11 heteroatoms. The lowest BCUT2D eigenvalue weighted by Crippen LogP contribution is -2.56. The first kappa shape index (κ1) is 22.0. The van der Waals surface area contributed by atoms with Gasteiger partial charge in [0, 0.05) is 26.2 Å². The Morgan fingerprint density at radius 2 is 1.75 bits per heavy atom. The average molecular weight is 418 g/mol. The minimum absolute atomic E-state index is 0.00195. The van der Waals surface area contributed by atoms with Gasteiger partial charge in [0.15, 0.2) is 11.6 Å². The number of hydrogen-bond donors (Lipinski definition) is 2. The Hall–Kier alpha value is -2.27. The lowest BCUT2D eigenvalue weighted by atomic mass is 10.0. The Balaban J connectivity index is 2.07. The number of primary amides is 1. The number of carbonyl (C=O) groups excluding carboxylic acids is 2. The van der Waals surface area contributed by atoms with Gasteiger partial charge < -0.3 is 16.0 Å². The molecule has 1 fully saturated rings. The molecule has 3 N–H and O–H groups in total. The van der Waals surface area contributed by atoms with Crippen LogP contribution in [0.5, 0.6) is 0 Å². The third-order valence-corrected chi connectivity index (χ3v) is 6.30. The van der Waals surface area contributed by atoms with Crippen molar-refractivity contribution in [1.82, 2.24) is 14.5 Å². The maximum absolute atomic E-state index is 13.4. The molecule has 1 aliphatic heterocycles. The highest BCUT2D eigenvalue weighted by atomic mass is 32.2. The molecule has 0 spiro atoms. The zero-order chi connectivity index (χ0) is 21.1. The zero-order valence-electron chi connectivity index (χ0n) is 15.7. The van der Waals surface area contributed by atoms with Gasteiger partial charge in [-0.05, 0) is 30.5 Å². The van der Waals surface area contributed by atoms with Crippen LogP contribution in [0.4, 0.5) is 13.6 Å². The quantitative estimate of drug-likeness (QED) is 0.714. The van der Waals surface area contributed by atoms with Gasteiger partial charge in [-0.25, -0.2) is 22.0 Å². The van der Waals surface area contributed by atoms with E-state index in [1.165, 1.54) is 4.90 Å². The van der Waals surface area contributed by atoms with Gasteiger partial charge in [0.1, 0.15) is 6.04 Å². The molecule has 0 bridgehead atoms. The molecular formula is C17H24F2N4O4S. The second-order valence-electron chi connectivity index (χ2n) is 7.00. The number of nitrogens with zero attached hydrogens (tertiary/aromatic N) is 2. The normalized spacial score (nSPS) is 16.8. The predicted molar refractivity (Wildman–Crippen MR) is 97.7 cm³/mol. The number of hydrogen-bond acceptors (Lipinski definition) is 4. The van der Waals surface area contributed by atoms with Gasteiger partial charge >= 0.3 is 6.03 Å². The third kappa shape index (κ3) is 5.16. The fourth-order valence-electron chi connectivity index (χ4n) is 3.02. The summed E-state index contributed by atoms with van der Waals surface area (Å²) in [5, 5.41) is 2.43. The van der Waals surface area contributed by atoms with Crippen molar-refractivity contribution < 1.29 is 26.8 Å². The second kappa shape index (κ2) is 8.82. The van der Waals surface area contributed by atoms with Gasteiger partial charge in [-0.15, -0.1) is 0 Å². The first-order valence-corrected chi connectivity index (χ1v) is 10.3. The van der Waals surface area contributed by atoms with Gasteiger partial charge in [0.05, 0.1) is 4.90 Å². The molecule has 3 amide bonds. The number of piperazine rings is 1. The lowest BCUT2D eigenvalue weighted by Gasteiger charge is -2.36. The van der Waals surface area contributed by atoms with E-state index in [0.29, 0.717) is 12.5 Å². The summed E-state index contributed by atoms with van der Waals surface area (Å²) in [5.41, 5.74) is 5.14. The SMILES string of the molecule is CC(C)CC(NC(N)=O)C(=O)N1CCN(S(=O)(=O)c2ccc(F)c(F)c2)CC1. The highest BCUT2D eigenvalue weighted by Crippen LogP contribution is 2.20. The van der Waals surface area contributed by atoms with E-state index in [0.717, 1.165) is 16.4 Å². The van der Waals surface area contributed by atoms with Crippen LogP contribution in [0, 0.1) is 17.6 Å². The lowest BCUT2D eigenvalue weighted by molar-refractivity contribution is -0.134. The molecule has 1 atom stereocenters. The van der Waals surface area contributed by atoms with Crippen LogP contribution in [0.3, 0.4) is 0 Å². The van der Waals surface area contributed by atoms with Crippen LogP contribution >= 0.6 is 0 Å². The molecular weight excluding hydrogens is 394 g/mol. The standard InChI is InChI=1S/C17H24F2N4O4S/c1-11(2)9-15(21-17(20)25)16(24)22-5-7-23(8-6-22)28(26,27)12-3-4-13(18)14(19)10-12/h3-4,10-11,15H,5-9H2,1-2H3,(H3,20,21,25). The summed E-state index contributed by atoms with van der Waals surface area (Å²) < 4.78 is 52.8. The van der Waals surface area contributed by atoms with Crippen LogP contribution in [0.1, 0.15) is 20.3 Å². The van der Waals surface area contributed by atoms with Crippen molar-refractivity contribution in [2.24, 2.45) is 11.7 Å². The van der Waals surface area contributed by atoms with Crippen molar-refractivity contribution in [3.8, 4) is 0 Å². The summed E-state index contributed by atoms with van der Waals surface area (Å²) in [4.78, 5) is 25.0. The van der Waals surface area contributed by atoms with E-state index in [1.807, 2.05) is 13.8 Å². The number of halogens is 2. The van der Waals surface area contributed by atoms with Crippen LogP contribution in [0.15, 0.2) is 23.1 Å². The summed E-state index contributed by atoms with van der Waals surface area (Å²) in [6.07, 6.45) is 0.398. The van der Waals surface area contributed by atoms with Crippen LogP contribution < -0.4 is 11.1 Å². The van der Waals surface area contributed by atoms with Crippen LogP contribution in [0.2, 0.25) is 0 Å². The minimum atomic E-state index is -4.01. The van der Waals surface area contributed by atoms with Crippen molar-refractivity contribution >= 4 is 22.0 Å². The fourth-order valence-corrected chi connectivity index (χ4v) is 4.45. The summed E-state index contributed by atoms with van der Waals surface area (Å²) in [7, 11) is -4.01. The van der Waals surface area contributed by atoms with Gasteiger partial charge in [-0.2, -0.15) is 4.31 Å². The van der Waals surface area contributed by atoms with E-state index >= 15 is 0 Å². The maximum atomic E-state index is 13.4. The Bertz CT molecular complexity index is 840. The molecule has 28 heavy (non-hydrogen) atoms. The smallest absolute Gasteiger partial charge is 0.312 e. The number of carbonyl (C=O) groups is 2. The highest BCUT2D eigenvalue weighted by molar-refractivity contribution is 7.89. The summed E-state index contributed by atoms with van der Waals surface area (Å²) >= 11 is 0. The van der Waals surface area contributed by atoms with Crippen molar-refractivity contribution in [2.45, 2.75) is 31.2 Å². The number of benzene rings is 1. The average Bonchev–Trinajstić information content (AvgIpc) is 2.62. The number of sulfonamides is 1. The first-order valence-electron chi connectivity index (χ1n) is 8.82. The van der Waals surface area contributed by atoms with E-state index in [2.05, 4.69) is 5.32 Å². The summed E-state index contributed by atoms with van der Waals surface area (Å²) in [6.45, 7) is 4.01. The topological polar surface area (TPSA) is 113 Å². The minimum Gasteiger partial charge on any atom is -0.352 e. The number of amides is 3. The van der Waals surface area contributed by atoms with Gasteiger partial charge in [-0.1, -0.05) is 13.8 Å². The maximum Gasteiger partial charge on any atom is 0.312 e. The molecule has 0 aliphatic carbocycles. The van der Waals surface area contributed by atoms with E-state index in [9.17, 15) is 26.8 Å². The molecule has 1 aromatic carbocycles. The second-order valence-corrected chi connectivity index (χ2v) is 8.93. The van der Waals surface area contributed by atoms with Crippen LogP contribution in [-0.2, 0) is 14.8 Å². The predicted octanol–water partition coefficient (Wildman–Crippen LogP) is 0.881. The largest absolute Gasteiger partial charge is 0.352 e. The molecule has 0 saturated carbocycles. The number of urea groups is 1. The summed E-state index contributed by atoms with van der Waals surface area (Å²) in [6, 6.07) is 0.803. The number of rotatable bonds is 6. The molecule has 1 heterocycles. The molecule has 1 saturated heterocycles. The van der Waals surface area contributed by atoms with Crippen molar-refractivity contribution in [2.75, 3.05) is 26.2 Å². The monoisotopic (exact) mass is 418 g/mol. The van der Waals surface area contributed by atoms with Crippen molar-refractivity contribution in [3.63, 3.8) is 0 Å². The van der Waals surface area contributed by atoms with E-state index in [1.54, 1.807) is 0 Å². The van der Waals surface area contributed by atoms with E-state index in [4.69, 9.17) is 5.73 Å². The molecule has 0 aromatic heterocycles. The zero-order valence-corrected chi connectivity index (χ0v) is 16.5. The Morgan fingerprint density at radius 3 is 2.25 bits per heavy atom.